The number of nitrogens with zero attached hydrogens (tertiary/aromatic N) is 2. The Kier molecular flexibility index (Phi) is 5.99. The maximum Gasteiger partial charge on any atom is 0.287 e. The molecule has 2 heterocycles. The predicted molar refractivity (Wildman–Crippen MR) is 114 cm³/mol. The lowest BCUT2D eigenvalue weighted by molar-refractivity contribution is -0.117. The van der Waals surface area contributed by atoms with Crippen LogP contribution in [0.1, 0.15) is 21.5 Å². The Morgan fingerprint density at radius 3 is 2.61 bits per heavy atom. The number of ether oxygens (including phenoxy) is 2. The average molecular weight is 414 g/mol. The molecule has 8 nitrogen and oxygen atoms in total. The standard InChI is InChI=1S/C23H18N4O4/c28-22(18-6-2-1-3-7-18)26-19(11-16-8-9-20-21(12-16)31-15-30-20)23(29)27-25-14-17-5-4-10-24-13-17/h1-14H,15H2,(H,26,28)(H,27,29)/b19-11+,25-14+. The first-order valence-electron chi connectivity index (χ1n) is 9.40. The summed E-state index contributed by atoms with van der Waals surface area (Å²) in [5, 5.41) is 6.59. The Morgan fingerprint density at radius 1 is 0.968 bits per heavy atom. The number of rotatable bonds is 6. The first-order chi connectivity index (χ1) is 15.2. The number of benzene rings is 2. The highest BCUT2D eigenvalue weighted by molar-refractivity contribution is 6.05. The van der Waals surface area contributed by atoms with Crippen LogP contribution >= 0.6 is 0 Å². The molecule has 4 rings (SSSR count). The summed E-state index contributed by atoms with van der Waals surface area (Å²) in [6.45, 7) is 0.143. The number of carbonyl (C=O) groups excluding carboxylic acids is 2. The highest BCUT2D eigenvalue weighted by Gasteiger charge is 2.16. The normalized spacial score (nSPS) is 12.6. The minimum atomic E-state index is -0.581. The monoisotopic (exact) mass is 414 g/mol. The van der Waals surface area contributed by atoms with Gasteiger partial charge in [-0.2, -0.15) is 5.10 Å². The summed E-state index contributed by atoms with van der Waals surface area (Å²) in [6.07, 6.45) is 6.25. The Balaban J connectivity index is 1.56. The van der Waals surface area contributed by atoms with E-state index in [9.17, 15) is 9.59 Å². The number of hydrogen-bond donors (Lipinski definition) is 2. The lowest BCUT2D eigenvalue weighted by Crippen LogP contribution is -2.32. The van der Waals surface area contributed by atoms with Gasteiger partial charge < -0.3 is 14.8 Å². The van der Waals surface area contributed by atoms with E-state index in [2.05, 4.69) is 20.8 Å². The van der Waals surface area contributed by atoms with E-state index in [-0.39, 0.29) is 12.5 Å². The summed E-state index contributed by atoms with van der Waals surface area (Å²) in [7, 11) is 0. The fraction of sp³-hybridized carbons (Fsp3) is 0.0435. The van der Waals surface area contributed by atoms with Crippen molar-refractivity contribution in [1.29, 1.82) is 0 Å². The summed E-state index contributed by atoms with van der Waals surface area (Å²) in [5.41, 5.74) is 4.24. The van der Waals surface area contributed by atoms with E-state index in [1.165, 1.54) is 12.3 Å². The van der Waals surface area contributed by atoms with Crippen molar-refractivity contribution < 1.29 is 19.1 Å². The average Bonchev–Trinajstić information content (AvgIpc) is 3.28. The van der Waals surface area contributed by atoms with Crippen LogP contribution < -0.4 is 20.2 Å². The minimum absolute atomic E-state index is 0.0241. The van der Waals surface area contributed by atoms with Crippen LogP contribution in [0.4, 0.5) is 0 Å². The highest BCUT2D eigenvalue weighted by Crippen LogP contribution is 2.33. The van der Waals surface area contributed by atoms with Crippen LogP contribution in [0.5, 0.6) is 11.5 Å². The second kappa shape index (κ2) is 9.36. The fourth-order valence-corrected chi connectivity index (χ4v) is 2.79. The van der Waals surface area contributed by atoms with Gasteiger partial charge in [-0.3, -0.25) is 14.6 Å². The molecule has 2 N–H and O–H groups in total. The van der Waals surface area contributed by atoms with E-state index in [0.717, 1.165) is 5.56 Å². The fourth-order valence-electron chi connectivity index (χ4n) is 2.79. The predicted octanol–water partition coefficient (Wildman–Crippen LogP) is 2.73. The Labute approximate surface area is 178 Å². The van der Waals surface area contributed by atoms with E-state index in [1.807, 2.05) is 0 Å². The SMILES string of the molecule is O=C(N/N=C/c1cccnc1)/C(=C\c1ccc2c(c1)OCO2)NC(=O)c1ccccc1. The van der Waals surface area contributed by atoms with Crippen LogP contribution in [0.2, 0.25) is 0 Å². The largest absolute Gasteiger partial charge is 0.454 e. The molecule has 0 aliphatic carbocycles. The van der Waals surface area contributed by atoms with Gasteiger partial charge in [0.1, 0.15) is 5.70 Å². The molecule has 31 heavy (non-hydrogen) atoms. The third-order valence-corrected chi connectivity index (χ3v) is 4.30. The molecule has 1 aliphatic rings. The van der Waals surface area contributed by atoms with Crippen molar-refractivity contribution in [3.8, 4) is 11.5 Å². The molecule has 0 fully saturated rings. The van der Waals surface area contributed by atoms with Crippen molar-refractivity contribution in [1.82, 2.24) is 15.7 Å². The lowest BCUT2D eigenvalue weighted by Gasteiger charge is -2.09. The first-order valence-corrected chi connectivity index (χ1v) is 9.40. The van der Waals surface area contributed by atoms with Crippen molar-refractivity contribution in [2.24, 2.45) is 5.10 Å². The number of aromatic nitrogens is 1. The maximum atomic E-state index is 12.8. The quantitative estimate of drug-likeness (QED) is 0.367. The number of hydrogen-bond acceptors (Lipinski definition) is 6. The third kappa shape index (κ3) is 5.13. The van der Waals surface area contributed by atoms with Gasteiger partial charge in [0, 0.05) is 23.5 Å². The van der Waals surface area contributed by atoms with Crippen LogP contribution in [0.25, 0.3) is 6.08 Å². The van der Waals surface area contributed by atoms with E-state index in [1.54, 1.807) is 73.1 Å². The van der Waals surface area contributed by atoms with Gasteiger partial charge in [0.15, 0.2) is 11.5 Å². The Hall–Kier alpha value is -4.46. The molecule has 0 bridgehead atoms. The van der Waals surface area contributed by atoms with Crippen molar-refractivity contribution in [2.45, 2.75) is 0 Å². The van der Waals surface area contributed by atoms with E-state index >= 15 is 0 Å². The van der Waals surface area contributed by atoms with Crippen LogP contribution in [0.15, 0.2) is 83.9 Å². The first kappa shape index (κ1) is 19.8. The van der Waals surface area contributed by atoms with Crippen molar-refractivity contribution >= 4 is 24.1 Å². The van der Waals surface area contributed by atoms with Gasteiger partial charge >= 0.3 is 0 Å². The molecule has 0 saturated carbocycles. The summed E-state index contributed by atoms with van der Waals surface area (Å²) < 4.78 is 10.7. The second-order valence-corrected chi connectivity index (χ2v) is 6.48. The third-order valence-electron chi connectivity index (χ3n) is 4.30. The molecule has 0 radical (unpaired) electrons. The van der Waals surface area contributed by atoms with Crippen molar-refractivity contribution in [2.75, 3.05) is 6.79 Å². The topological polar surface area (TPSA) is 102 Å². The molecule has 2 aromatic carbocycles. The Bertz CT molecular complexity index is 1140. The zero-order valence-electron chi connectivity index (χ0n) is 16.3. The lowest BCUT2D eigenvalue weighted by atomic mass is 10.1. The van der Waals surface area contributed by atoms with Gasteiger partial charge in [0.25, 0.3) is 11.8 Å². The van der Waals surface area contributed by atoms with Crippen LogP contribution in [-0.4, -0.2) is 29.8 Å². The van der Waals surface area contributed by atoms with Gasteiger partial charge in [-0.05, 0) is 42.0 Å². The number of fused-ring (bicyclic) bond motifs is 1. The number of amides is 2. The van der Waals surface area contributed by atoms with Gasteiger partial charge in [-0.25, -0.2) is 5.43 Å². The molecular weight excluding hydrogens is 396 g/mol. The maximum absolute atomic E-state index is 12.8. The van der Waals surface area contributed by atoms with E-state index in [4.69, 9.17) is 9.47 Å². The van der Waals surface area contributed by atoms with Crippen molar-refractivity contribution in [3.05, 3.63) is 95.4 Å². The molecule has 0 spiro atoms. The molecule has 1 aromatic heterocycles. The van der Waals surface area contributed by atoms with E-state index < -0.39 is 11.8 Å². The van der Waals surface area contributed by atoms with E-state index in [0.29, 0.717) is 22.6 Å². The molecule has 0 atom stereocenters. The number of hydrazone groups is 1. The second-order valence-electron chi connectivity index (χ2n) is 6.48. The Morgan fingerprint density at radius 2 is 1.81 bits per heavy atom. The van der Waals surface area contributed by atoms with Crippen LogP contribution in [0.3, 0.4) is 0 Å². The van der Waals surface area contributed by atoms with Gasteiger partial charge in [-0.1, -0.05) is 30.3 Å². The zero-order valence-corrected chi connectivity index (χ0v) is 16.3. The van der Waals surface area contributed by atoms with Gasteiger partial charge in [0.2, 0.25) is 6.79 Å². The highest BCUT2D eigenvalue weighted by atomic mass is 16.7. The molecule has 154 valence electrons. The molecule has 2 amide bonds. The summed E-state index contributed by atoms with van der Waals surface area (Å²) in [4.78, 5) is 29.3. The summed E-state index contributed by atoms with van der Waals surface area (Å²) in [6, 6.07) is 17.4. The van der Waals surface area contributed by atoms with Crippen LogP contribution in [0, 0.1) is 0 Å². The molecule has 0 saturated heterocycles. The zero-order chi connectivity index (χ0) is 21.5. The number of pyridine rings is 1. The van der Waals surface area contributed by atoms with Gasteiger partial charge in [0.05, 0.1) is 6.21 Å². The van der Waals surface area contributed by atoms with Gasteiger partial charge in [-0.15, -0.1) is 0 Å². The summed E-state index contributed by atoms with van der Waals surface area (Å²) in [5.74, 6) is 0.191. The molecule has 8 heteroatoms. The summed E-state index contributed by atoms with van der Waals surface area (Å²) >= 11 is 0. The van der Waals surface area contributed by atoms with Crippen LogP contribution in [-0.2, 0) is 4.79 Å². The molecule has 1 aliphatic heterocycles. The molecular formula is C23H18N4O4. The molecule has 3 aromatic rings. The number of carbonyl (C=O) groups is 2. The van der Waals surface area contributed by atoms with Crippen molar-refractivity contribution in [3.63, 3.8) is 0 Å². The number of nitrogens with one attached hydrogen (secondary N) is 2. The minimum Gasteiger partial charge on any atom is -0.454 e. The smallest absolute Gasteiger partial charge is 0.287 e. The molecule has 0 unspecified atom stereocenters.